The number of nitrogens with two attached hydrogens (primary N) is 3. The zero-order chi connectivity index (χ0) is 31.8. The highest BCUT2D eigenvalue weighted by Gasteiger charge is 2.09. The van der Waals surface area contributed by atoms with Gasteiger partial charge in [0.15, 0.2) is 0 Å². The minimum atomic E-state index is -0.933. The third-order valence-corrected chi connectivity index (χ3v) is 6.54. The number of unbranched alkanes of at least 4 members (excludes halogenated alkanes) is 1. The Hall–Kier alpha value is -3.12. The van der Waals surface area contributed by atoms with E-state index in [0.717, 1.165) is 41.3 Å². The lowest BCUT2D eigenvalue weighted by molar-refractivity contribution is -0.139. The van der Waals surface area contributed by atoms with E-state index < -0.39 is 18.0 Å². The molecule has 9 N–H and O–H groups in total. The molecule has 2 aromatic carbocycles. The Morgan fingerprint density at radius 2 is 1.60 bits per heavy atom. The van der Waals surface area contributed by atoms with Gasteiger partial charge in [0.1, 0.15) is 12.3 Å². The summed E-state index contributed by atoms with van der Waals surface area (Å²) < 4.78 is 0.964. The number of halogens is 1. The number of aliphatic carboxylic acids is 2. The number of hydrogen-bond donors (Lipinski definition) is 6. The lowest BCUT2D eigenvalue weighted by Crippen LogP contribution is -2.29. The average molecular weight is 652 g/mol. The van der Waals surface area contributed by atoms with Gasteiger partial charge in [0.05, 0.1) is 6.42 Å². The normalized spacial score (nSPS) is 13.0. The van der Waals surface area contributed by atoms with Crippen molar-refractivity contribution in [3.8, 4) is 0 Å². The summed E-state index contributed by atoms with van der Waals surface area (Å²) in [7, 11) is 0. The Balaban J connectivity index is 0.000000548. The van der Waals surface area contributed by atoms with E-state index in [1.54, 1.807) is 36.4 Å². The largest absolute Gasteiger partial charge is 0.481 e. The van der Waals surface area contributed by atoms with Crippen LogP contribution in [0.25, 0.3) is 0 Å². The van der Waals surface area contributed by atoms with Crippen molar-refractivity contribution in [3.63, 3.8) is 0 Å². The van der Waals surface area contributed by atoms with Crippen molar-refractivity contribution in [2.75, 3.05) is 11.9 Å². The molecule has 0 unspecified atom stereocenters. The molecule has 1 aliphatic rings. The van der Waals surface area contributed by atoms with Gasteiger partial charge in [-0.25, -0.2) is 0 Å². The minimum Gasteiger partial charge on any atom is -0.481 e. The van der Waals surface area contributed by atoms with Crippen LogP contribution in [0.2, 0.25) is 0 Å². The molecule has 1 aliphatic carbocycles. The fraction of sp³-hybridized carbons (Fsp3) is 0.484. The number of rotatable bonds is 11. The van der Waals surface area contributed by atoms with Crippen molar-refractivity contribution in [1.29, 1.82) is 0 Å². The molecule has 0 aromatic heterocycles. The molecule has 1 saturated carbocycles. The number of amides is 1. The fourth-order valence-electron chi connectivity index (χ4n) is 3.64. The molecule has 3 rings (SSSR count). The summed E-state index contributed by atoms with van der Waals surface area (Å²) in [5.74, 6) is -1.73. The molecule has 2 aromatic rings. The molecular weight excluding hydrogens is 604 g/mol. The molecule has 0 heterocycles. The molecule has 10 nitrogen and oxygen atoms in total. The molecule has 0 spiro atoms. The van der Waals surface area contributed by atoms with E-state index in [-0.39, 0.29) is 12.3 Å². The zero-order valence-electron chi connectivity index (χ0n) is 24.5. The number of hydrogen-bond acceptors (Lipinski definition) is 7. The standard InChI is InChI=1S/C11H13NO2.C8H7BrO2.C6H14N2O2.C6H13N/c1-2-3-11(14)12-10-6-4-9(8-13)5-7-10;9-7-3-1-6(2-4-7)5-8(10)11;7-4-2-1-3-5(8)6(9)10;7-6-4-2-1-3-5-6/h4-8H,2-3H2,1H3,(H,12,14);1-4H,5H2,(H,10,11);5H,1-4,7-8H2,(H,9,10);6H,1-5,7H2/t;;5-;/m..0./s1. The number of benzene rings is 2. The summed E-state index contributed by atoms with van der Waals surface area (Å²) in [6.45, 7) is 2.56. The third-order valence-electron chi connectivity index (χ3n) is 6.01. The van der Waals surface area contributed by atoms with E-state index in [0.29, 0.717) is 31.0 Å². The van der Waals surface area contributed by atoms with Gasteiger partial charge in [-0.2, -0.15) is 0 Å². The zero-order valence-corrected chi connectivity index (χ0v) is 26.1. The Morgan fingerprint density at radius 3 is 2.02 bits per heavy atom. The summed E-state index contributed by atoms with van der Waals surface area (Å²) in [6, 6.07) is 13.9. The van der Waals surface area contributed by atoms with Crippen molar-refractivity contribution >= 4 is 45.7 Å². The second kappa shape index (κ2) is 24.5. The van der Waals surface area contributed by atoms with E-state index in [2.05, 4.69) is 21.2 Å². The summed E-state index contributed by atoms with van der Waals surface area (Å²) in [5.41, 5.74) is 18.2. The van der Waals surface area contributed by atoms with Crippen LogP contribution >= 0.6 is 15.9 Å². The van der Waals surface area contributed by atoms with Crippen molar-refractivity contribution in [3.05, 3.63) is 64.1 Å². The van der Waals surface area contributed by atoms with Gasteiger partial charge >= 0.3 is 11.9 Å². The van der Waals surface area contributed by atoms with Crippen LogP contribution in [0.4, 0.5) is 5.69 Å². The molecule has 1 amide bonds. The maximum Gasteiger partial charge on any atom is 0.320 e. The molecule has 11 heteroatoms. The third kappa shape index (κ3) is 21.6. The second-order valence-corrected chi connectivity index (χ2v) is 10.8. The van der Waals surface area contributed by atoms with Crippen LogP contribution in [0, 0.1) is 0 Å². The topological polar surface area (TPSA) is 199 Å². The smallest absolute Gasteiger partial charge is 0.320 e. The van der Waals surface area contributed by atoms with E-state index in [4.69, 9.17) is 27.4 Å². The van der Waals surface area contributed by atoms with Crippen LogP contribution in [0.15, 0.2) is 53.0 Å². The molecule has 42 heavy (non-hydrogen) atoms. The minimum absolute atomic E-state index is 0.00588. The highest BCUT2D eigenvalue weighted by atomic mass is 79.9. The average Bonchev–Trinajstić information content (AvgIpc) is 2.96. The fourth-order valence-corrected chi connectivity index (χ4v) is 3.90. The molecule has 1 atom stereocenters. The van der Waals surface area contributed by atoms with Gasteiger partial charge in [-0.15, -0.1) is 0 Å². The number of carboxylic acid groups (broad SMARTS) is 2. The molecular formula is C31H47BrN4O6. The lowest BCUT2D eigenvalue weighted by atomic mass is 9.97. The maximum absolute atomic E-state index is 11.2. The predicted molar refractivity (Wildman–Crippen MR) is 170 cm³/mol. The summed E-state index contributed by atoms with van der Waals surface area (Å²) >= 11 is 3.26. The van der Waals surface area contributed by atoms with Crippen LogP contribution in [-0.2, 0) is 20.8 Å². The van der Waals surface area contributed by atoms with Crippen molar-refractivity contribution in [2.45, 2.75) is 89.6 Å². The van der Waals surface area contributed by atoms with Crippen molar-refractivity contribution < 1.29 is 29.4 Å². The van der Waals surface area contributed by atoms with E-state index in [9.17, 15) is 19.2 Å². The van der Waals surface area contributed by atoms with Gasteiger partial charge in [-0.1, -0.05) is 60.7 Å². The Bertz CT molecular complexity index is 1030. The van der Waals surface area contributed by atoms with E-state index in [1.807, 2.05) is 19.1 Å². The van der Waals surface area contributed by atoms with Crippen LogP contribution < -0.4 is 22.5 Å². The number of carbonyl (C=O) groups excluding carboxylic acids is 2. The lowest BCUT2D eigenvalue weighted by Gasteiger charge is -2.15. The van der Waals surface area contributed by atoms with E-state index in [1.165, 1.54) is 32.1 Å². The summed E-state index contributed by atoms with van der Waals surface area (Å²) in [5, 5.41) is 19.5. The monoisotopic (exact) mass is 650 g/mol. The number of anilines is 1. The highest BCUT2D eigenvalue weighted by molar-refractivity contribution is 9.10. The Morgan fingerprint density at radius 1 is 1.00 bits per heavy atom. The Labute approximate surface area is 257 Å². The summed E-state index contributed by atoms with van der Waals surface area (Å²) in [6.07, 6.45) is 11.0. The summed E-state index contributed by atoms with van der Waals surface area (Å²) in [4.78, 5) is 41.9. The SMILES string of the molecule is CCCC(=O)Nc1ccc(C=O)cc1.NC1CCCCC1.NCCCC[C@H](N)C(=O)O.O=C(O)Cc1ccc(Br)cc1. The van der Waals surface area contributed by atoms with Crippen LogP contribution in [0.1, 0.15) is 87.1 Å². The van der Waals surface area contributed by atoms with Gasteiger partial charge in [0.2, 0.25) is 5.91 Å². The first kappa shape index (κ1) is 38.9. The van der Waals surface area contributed by atoms with Crippen molar-refractivity contribution in [1.82, 2.24) is 0 Å². The maximum atomic E-state index is 11.2. The van der Waals surface area contributed by atoms with Crippen LogP contribution in [0.5, 0.6) is 0 Å². The van der Waals surface area contributed by atoms with Gasteiger partial charge in [-0.3, -0.25) is 19.2 Å². The van der Waals surface area contributed by atoms with Crippen LogP contribution in [-0.4, -0.2) is 53.0 Å². The number of carboxylic acids is 2. The molecule has 0 radical (unpaired) electrons. The number of nitrogens with one attached hydrogen (secondary N) is 1. The van der Waals surface area contributed by atoms with Gasteiger partial charge in [0.25, 0.3) is 0 Å². The predicted octanol–water partition coefficient (Wildman–Crippen LogP) is 5.12. The first-order valence-electron chi connectivity index (χ1n) is 14.3. The van der Waals surface area contributed by atoms with E-state index >= 15 is 0 Å². The molecule has 1 fully saturated rings. The van der Waals surface area contributed by atoms with Crippen LogP contribution in [0.3, 0.4) is 0 Å². The van der Waals surface area contributed by atoms with Gasteiger partial charge in [0, 0.05) is 28.2 Å². The van der Waals surface area contributed by atoms with Gasteiger partial charge < -0.3 is 32.7 Å². The molecule has 234 valence electrons. The highest BCUT2D eigenvalue weighted by Crippen LogP contribution is 2.15. The molecule has 0 aliphatic heterocycles. The number of aldehydes is 1. The first-order valence-corrected chi connectivity index (χ1v) is 15.1. The Kier molecular flexibility index (Phi) is 22.7. The second-order valence-electron chi connectivity index (χ2n) is 9.86. The molecule has 0 saturated heterocycles. The first-order chi connectivity index (χ1) is 20.0. The quantitative estimate of drug-likeness (QED) is 0.141. The van der Waals surface area contributed by atoms with Gasteiger partial charge in [-0.05, 0) is 80.6 Å². The number of carbonyl (C=O) groups is 4. The molecule has 0 bridgehead atoms. The van der Waals surface area contributed by atoms with Crippen molar-refractivity contribution in [2.24, 2.45) is 17.2 Å².